The Balaban J connectivity index is 2.59. The van der Waals surface area contributed by atoms with Gasteiger partial charge in [0.2, 0.25) is 0 Å². The standard InChI is InChI=1S/C11H16F2N2O/c1-16-5-4-9(15-14)6-8-2-3-10(12)11(13)7-8/h2-3,7,9,15H,4-6,14H2,1H3. The number of hydrogen-bond donors (Lipinski definition) is 2. The molecular weight excluding hydrogens is 214 g/mol. The lowest BCUT2D eigenvalue weighted by molar-refractivity contribution is 0.182. The third kappa shape index (κ3) is 3.84. The van der Waals surface area contributed by atoms with Crippen molar-refractivity contribution >= 4 is 0 Å². The van der Waals surface area contributed by atoms with Gasteiger partial charge >= 0.3 is 0 Å². The first-order chi connectivity index (χ1) is 7.67. The average Bonchev–Trinajstić information content (AvgIpc) is 2.29. The summed E-state index contributed by atoms with van der Waals surface area (Å²) in [5.74, 6) is 3.69. The Morgan fingerprint density at radius 1 is 1.38 bits per heavy atom. The zero-order valence-electron chi connectivity index (χ0n) is 9.17. The van der Waals surface area contributed by atoms with Crippen molar-refractivity contribution in [1.29, 1.82) is 0 Å². The highest BCUT2D eigenvalue weighted by atomic mass is 19.2. The summed E-state index contributed by atoms with van der Waals surface area (Å²) in [5, 5.41) is 0. The SMILES string of the molecule is COCCC(Cc1ccc(F)c(F)c1)NN. The summed E-state index contributed by atoms with van der Waals surface area (Å²) in [6.45, 7) is 0.568. The summed E-state index contributed by atoms with van der Waals surface area (Å²) in [7, 11) is 1.60. The quantitative estimate of drug-likeness (QED) is 0.573. The lowest BCUT2D eigenvalue weighted by Crippen LogP contribution is -2.37. The largest absolute Gasteiger partial charge is 0.385 e. The van der Waals surface area contributed by atoms with Gasteiger partial charge in [-0.05, 0) is 30.5 Å². The fourth-order valence-corrected chi connectivity index (χ4v) is 1.46. The van der Waals surface area contributed by atoms with E-state index >= 15 is 0 Å². The summed E-state index contributed by atoms with van der Waals surface area (Å²) in [5.41, 5.74) is 3.33. The van der Waals surface area contributed by atoms with Crippen LogP contribution >= 0.6 is 0 Å². The summed E-state index contributed by atoms with van der Waals surface area (Å²) < 4.78 is 30.5. The molecule has 5 heteroatoms. The molecule has 0 spiro atoms. The Bertz CT molecular complexity index is 334. The van der Waals surface area contributed by atoms with Crippen LogP contribution in [-0.2, 0) is 11.2 Å². The predicted molar refractivity (Wildman–Crippen MR) is 57.7 cm³/mol. The van der Waals surface area contributed by atoms with E-state index in [9.17, 15) is 8.78 Å². The van der Waals surface area contributed by atoms with Gasteiger partial charge in [0.15, 0.2) is 11.6 Å². The van der Waals surface area contributed by atoms with E-state index in [-0.39, 0.29) is 6.04 Å². The molecule has 0 saturated heterocycles. The minimum atomic E-state index is -0.835. The molecule has 1 aromatic rings. The number of rotatable bonds is 6. The van der Waals surface area contributed by atoms with Crippen LogP contribution < -0.4 is 11.3 Å². The van der Waals surface area contributed by atoms with Gasteiger partial charge in [0.25, 0.3) is 0 Å². The summed E-state index contributed by atoms with van der Waals surface area (Å²) in [4.78, 5) is 0. The highest BCUT2D eigenvalue weighted by molar-refractivity contribution is 5.18. The smallest absolute Gasteiger partial charge is 0.159 e. The van der Waals surface area contributed by atoms with Gasteiger partial charge in [0.1, 0.15) is 0 Å². The van der Waals surface area contributed by atoms with E-state index in [1.165, 1.54) is 6.07 Å². The maximum absolute atomic E-state index is 12.9. The molecule has 1 aromatic carbocycles. The van der Waals surface area contributed by atoms with Gasteiger partial charge in [-0.15, -0.1) is 0 Å². The van der Waals surface area contributed by atoms with Gasteiger partial charge < -0.3 is 4.74 Å². The fourth-order valence-electron chi connectivity index (χ4n) is 1.46. The molecule has 3 N–H and O–H groups in total. The Kier molecular flexibility index (Phi) is 5.31. The number of halogens is 2. The minimum Gasteiger partial charge on any atom is -0.385 e. The topological polar surface area (TPSA) is 47.3 Å². The summed E-state index contributed by atoms with van der Waals surface area (Å²) >= 11 is 0. The van der Waals surface area contributed by atoms with Gasteiger partial charge in [0.05, 0.1) is 0 Å². The van der Waals surface area contributed by atoms with Crippen LogP contribution in [0, 0.1) is 11.6 Å². The molecule has 1 rings (SSSR count). The first kappa shape index (κ1) is 13.0. The molecule has 1 unspecified atom stereocenters. The van der Waals surface area contributed by atoms with E-state index in [2.05, 4.69) is 5.43 Å². The second kappa shape index (κ2) is 6.52. The molecule has 3 nitrogen and oxygen atoms in total. The molecule has 0 fully saturated rings. The Morgan fingerprint density at radius 2 is 2.12 bits per heavy atom. The molecule has 0 bridgehead atoms. The lowest BCUT2D eigenvalue weighted by atomic mass is 10.0. The zero-order valence-corrected chi connectivity index (χ0v) is 9.17. The molecule has 1 atom stereocenters. The van der Waals surface area contributed by atoms with Crippen molar-refractivity contribution in [2.24, 2.45) is 5.84 Å². The highest BCUT2D eigenvalue weighted by Crippen LogP contribution is 2.11. The van der Waals surface area contributed by atoms with Crippen LogP contribution in [-0.4, -0.2) is 19.8 Å². The van der Waals surface area contributed by atoms with Crippen LogP contribution in [0.2, 0.25) is 0 Å². The molecule has 0 radical (unpaired) electrons. The third-order valence-electron chi connectivity index (χ3n) is 2.37. The maximum atomic E-state index is 12.9. The molecule has 90 valence electrons. The maximum Gasteiger partial charge on any atom is 0.159 e. The molecule has 0 saturated carbocycles. The van der Waals surface area contributed by atoms with Crippen LogP contribution in [0.1, 0.15) is 12.0 Å². The van der Waals surface area contributed by atoms with Crippen LogP contribution in [0.25, 0.3) is 0 Å². The Hall–Kier alpha value is -1.04. The van der Waals surface area contributed by atoms with Crippen molar-refractivity contribution in [2.75, 3.05) is 13.7 Å². The van der Waals surface area contributed by atoms with Crippen LogP contribution in [0.5, 0.6) is 0 Å². The van der Waals surface area contributed by atoms with Gasteiger partial charge in [-0.2, -0.15) is 0 Å². The number of hydrogen-bond acceptors (Lipinski definition) is 3. The van der Waals surface area contributed by atoms with Crippen LogP contribution in [0.4, 0.5) is 8.78 Å². The average molecular weight is 230 g/mol. The fraction of sp³-hybridized carbons (Fsp3) is 0.455. The normalized spacial score (nSPS) is 12.8. The molecule has 0 aromatic heterocycles. The van der Waals surface area contributed by atoms with Gasteiger partial charge in [-0.25, -0.2) is 8.78 Å². The molecule has 0 aliphatic heterocycles. The second-order valence-corrected chi connectivity index (χ2v) is 3.60. The predicted octanol–water partition coefficient (Wildman–Crippen LogP) is 1.38. The molecule has 0 aliphatic carbocycles. The molecule has 0 amide bonds. The van der Waals surface area contributed by atoms with E-state index in [0.29, 0.717) is 25.0 Å². The number of hydrazine groups is 1. The van der Waals surface area contributed by atoms with Crippen molar-refractivity contribution < 1.29 is 13.5 Å². The molecular formula is C11H16F2N2O. The third-order valence-corrected chi connectivity index (χ3v) is 2.37. The summed E-state index contributed by atoms with van der Waals surface area (Å²) in [6.07, 6.45) is 1.25. The first-order valence-electron chi connectivity index (χ1n) is 5.06. The van der Waals surface area contributed by atoms with E-state index in [0.717, 1.165) is 6.07 Å². The monoisotopic (exact) mass is 230 g/mol. The van der Waals surface area contributed by atoms with Crippen LogP contribution in [0.15, 0.2) is 18.2 Å². The molecule has 16 heavy (non-hydrogen) atoms. The zero-order chi connectivity index (χ0) is 12.0. The van der Waals surface area contributed by atoms with Crippen molar-refractivity contribution in [1.82, 2.24) is 5.43 Å². The van der Waals surface area contributed by atoms with Crippen molar-refractivity contribution in [2.45, 2.75) is 18.9 Å². The highest BCUT2D eigenvalue weighted by Gasteiger charge is 2.09. The Morgan fingerprint density at radius 3 is 2.69 bits per heavy atom. The van der Waals surface area contributed by atoms with Gasteiger partial charge in [-0.1, -0.05) is 6.07 Å². The summed E-state index contributed by atoms with van der Waals surface area (Å²) in [6, 6.07) is 3.85. The molecule has 0 heterocycles. The van der Waals surface area contributed by atoms with Crippen LogP contribution in [0.3, 0.4) is 0 Å². The second-order valence-electron chi connectivity index (χ2n) is 3.60. The van der Waals surface area contributed by atoms with Crippen molar-refractivity contribution in [3.05, 3.63) is 35.4 Å². The van der Waals surface area contributed by atoms with Crippen molar-refractivity contribution in [3.8, 4) is 0 Å². The van der Waals surface area contributed by atoms with Crippen molar-refractivity contribution in [3.63, 3.8) is 0 Å². The Labute approximate surface area is 93.6 Å². The van der Waals surface area contributed by atoms with E-state index in [1.54, 1.807) is 13.2 Å². The van der Waals surface area contributed by atoms with E-state index in [1.807, 2.05) is 0 Å². The number of nitrogens with one attached hydrogen (secondary N) is 1. The number of ether oxygens (including phenoxy) is 1. The van der Waals surface area contributed by atoms with Gasteiger partial charge in [0, 0.05) is 19.8 Å². The number of benzene rings is 1. The minimum absolute atomic E-state index is 0.00943. The lowest BCUT2D eigenvalue weighted by Gasteiger charge is -2.15. The number of methoxy groups -OCH3 is 1. The van der Waals surface area contributed by atoms with E-state index in [4.69, 9.17) is 10.6 Å². The number of nitrogens with two attached hydrogens (primary N) is 1. The first-order valence-corrected chi connectivity index (χ1v) is 5.06. The van der Waals surface area contributed by atoms with Gasteiger partial charge in [-0.3, -0.25) is 11.3 Å². The van der Waals surface area contributed by atoms with E-state index < -0.39 is 11.6 Å². The molecule has 0 aliphatic rings.